The number of carbonyl (C=O) groups excluding carboxylic acids is 2. The fraction of sp³-hybridized carbons (Fsp3) is 0.263. The van der Waals surface area contributed by atoms with Gasteiger partial charge in [0.2, 0.25) is 11.8 Å². The zero-order valence-corrected chi connectivity index (χ0v) is 14.9. The second-order valence-corrected chi connectivity index (χ2v) is 5.52. The number of halogens is 1. The summed E-state index contributed by atoms with van der Waals surface area (Å²) in [6.07, 6.45) is 0.0382. The predicted octanol–water partition coefficient (Wildman–Crippen LogP) is 3.22. The van der Waals surface area contributed by atoms with Crippen molar-refractivity contribution in [1.82, 2.24) is 0 Å². The van der Waals surface area contributed by atoms with Gasteiger partial charge in [0.15, 0.2) is 0 Å². The highest BCUT2D eigenvalue weighted by Gasteiger charge is 2.18. The molecule has 138 valence electrons. The molecule has 0 aromatic heterocycles. The van der Waals surface area contributed by atoms with E-state index in [0.29, 0.717) is 22.9 Å². The second-order valence-electron chi connectivity index (χ2n) is 5.52. The normalized spacial score (nSPS) is 10.2. The molecule has 2 aromatic carbocycles. The SMILES string of the molecule is COc1ccc(OC)c(N(CCC(=O)Nc2cccc(F)c2)C(C)=O)c1. The van der Waals surface area contributed by atoms with Crippen molar-refractivity contribution in [1.29, 1.82) is 0 Å². The lowest BCUT2D eigenvalue weighted by Gasteiger charge is -2.23. The zero-order valence-electron chi connectivity index (χ0n) is 14.9. The summed E-state index contributed by atoms with van der Waals surface area (Å²) >= 11 is 0. The van der Waals surface area contributed by atoms with Gasteiger partial charge in [0.25, 0.3) is 0 Å². The van der Waals surface area contributed by atoms with Crippen molar-refractivity contribution >= 4 is 23.2 Å². The fourth-order valence-corrected chi connectivity index (χ4v) is 2.46. The van der Waals surface area contributed by atoms with Gasteiger partial charge < -0.3 is 19.7 Å². The smallest absolute Gasteiger partial charge is 0.226 e. The summed E-state index contributed by atoms with van der Waals surface area (Å²) < 4.78 is 23.7. The van der Waals surface area contributed by atoms with Gasteiger partial charge >= 0.3 is 0 Å². The number of hydrogen-bond donors (Lipinski definition) is 1. The molecule has 7 heteroatoms. The van der Waals surface area contributed by atoms with E-state index >= 15 is 0 Å². The molecule has 0 atom stereocenters. The first-order chi connectivity index (χ1) is 12.4. The van der Waals surface area contributed by atoms with E-state index in [9.17, 15) is 14.0 Å². The Kier molecular flexibility index (Phi) is 6.54. The predicted molar refractivity (Wildman–Crippen MR) is 97.2 cm³/mol. The number of ether oxygens (including phenoxy) is 2. The van der Waals surface area contributed by atoms with E-state index in [1.165, 1.54) is 44.2 Å². The largest absolute Gasteiger partial charge is 0.497 e. The summed E-state index contributed by atoms with van der Waals surface area (Å²) in [5.74, 6) is 0.0518. The standard InChI is InChI=1S/C19H21FN2O4/c1-13(23)22(17-12-16(25-2)7-8-18(17)26-3)10-9-19(24)21-15-6-4-5-14(20)11-15/h4-8,11-12H,9-10H2,1-3H3,(H,21,24). The van der Waals surface area contributed by atoms with Gasteiger partial charge in [-0.25, -0.2) is 4.39 Å². The van der Waals surface area contributed by atoms with Crippen LogP contribution in [-0.2, 0) is 9.59 Å². The van der Waals surface area contributed by atoms with E-state index in [1.54, 1.807) is 24.3 Å². The number of methoxy groups -OCH3 is 2. The van der Waals surface area contributed by atoms with Crippen molar-refractivity contribution in [2.75, 3.05) is 31.0 Å². The molecule has 0 saturated heterocycles. The molecule has 2 amide bonds. The maximum absolute atomic E-state index is 13.2. The Morgan fingerprint density at radius 2 is 1.88 bits per heavy atom. The third kappa shape index (κ3) is 4.95. The molecule has 0 unspecified atom stereocenters. The Bertz CT molecular complexity index is 795. The first-order valence-corrected chi connectivity index (χ1v) is 8.00. The quantitative estimate of drug-likeness (QED) is 0.823. The van der Waals surface area contributed by atoms with Gasteiger partial charge in [0.05, 0.1) is 19.9 Å². The lowest BCUT2D eigenvalue weighted by atomic mass is 10.2. The van der Waals surface area contributed by atoms with Crippen molar-refractivity contribution in [3.63, 3.8) is 0 Å². The molecule has 0 saturated carbocycles. The molecule has 0 aliphatic rings. The van der Waals surface area contributed by atoms with Gasteiger partial charge in [-0.05, 0) is 30.3 Å². The monoisotopic (exact) mass is 360 g/mol. The Labute approximate surface area is 151 Å². The third-order valence-corrected chi connectivity index (χ3v) is 3.73. The maximum Gasteiger partial charge on any atom is 0.226 e. The molecule has 1 N–H and O–H groups in total. The molecular formula is C19H21FN2O4. The van der Waals surface area contributed by atoms with Crippen molar-refractivity contribution < 1.29 is 23.5 Å². The second kappa shape index (κ2) is 8.84. The van der Waals surface area contributed by atoms with Crippen LogP contribution in [-0.4, -0.2) is 32.6 Å². The van der Waals surface area contributed by atoms with Gasteiger partial charge in [-0.3, -0.25) is 9.59 Å². The molecule has 0 aliphatic heterocycles. The van der Waals surface area contributed by atoms with E-state index in [2.05, 4.69) is 5.32 Å². The zero-order chi connectivity index (χ0) is 19.1. The van der Waals surface area contributed by atoms with Crippen molar-refractivity contribution in [3.05, 3.63) is 48.3 Å². The van der Waals surface area contributed by atoms with Crippen molar-refractivity contribution in [2.24, 2.45) is 0 Å². The van der Waals surface area contributed by atoms with Gasteiger partial charge in [-0.15, -0.1) is 0 Å². The number of anilines is 2. The van der Waals surface area contributed by atoms with Crippen LogP contribution in [0.25, 0.3) is 0 Å². The minimum absolute atomic E-state index is 0.0382. The molecular weight excluding hydrogens is 339 g/mol. The van der Waals surface area contributed by atoms with Gasteiger partial charge in [-0.1, -0.05) is 6.07 Å². The number of nitrogens with zero attached hydrogens (tertiary/aromatic N) is 1. The van der Waals surface area contributed by atoms with Gasteiger partial charge in [0.1, 0.15) is 17.3 Å². The van der Waals surface area contributed by atoms with E-state index in [0.717, 1.165) is 0 Å². The average molecular weight is 360 g/mol. The molecule has 0 fully saturated rings. The molecule has 0 heterocycles. The summed E-state index contributed by atoms with van der Waals surface area (Å²) in [7, 11) is 3.02. The molecule has 6 nitrogen and oxygen atoms in total. The maximum atomic E-state index is 13.2. The van der Waals surface area contributed by atoms with Crippen LogP contribution in [0.4, 0.5) is 15.8 Å². The van der Waals surface area contributed by atoms with Crippen LogP contribution in [0.3, 0.4) is 0 Å². The molecule has 2 aromatic rings. The number of amides is 2. The Morgan fingerprint density at radius 1 is 1.12 bits per heavy atom. The van der Waals surface area contributed by atoms with E-state index < -0.39 is 5.82 Å². The molecule has 0 bridgehead atoms. The van der Waals surface area contributed by atoms with Gasteiger partial charge in [-0.2, -0.15) is 0 Å². The van der Waals surface area contributed by atoms with Crippen LogP contribution in [0, 0.1) is 5.82 Å². The summed E-state index contributed by atoms with van der Waals surface area (Å²) in [5, 5.41) is 2.61. The first-order valence-electron chi connectivity index (χ1n) is 8.00. The van der Waals surface area contributed by atoms with E-state index in [1.807, 2.05) is 0 Å². The van der Waals surface area contributed by atoms with Crippen LogP contribution in [0.15, 0.2) is 42.5 Å². The van der Waals surface area contributed by atoms with Crippen LogP contribution >= 0.6 is 0 Å². The Balaban J connectivity index is 2.11. The highest BCUT2D eigenvalue weighted by atomic mass is 19.1. The Hall–Kier alpha value is -3.09. The summed E-state index contributed by atoms with van der Waals surface area (Å²) in [6.45, 7) is 1.55. The number of nitrogens with one attached hydrogen (secondary N) is 1. The van der Waals surface area contributed by atoms with Crippen LogP contribution in [0.1, 0.15) is 13.3 Å². The highest BCUT2D eigenvalue weighted by molar-refractivity contribution is 5.96. The number of benzene rings is 2. The average Bonchev–Trinajstić information content (AvgIpc) is 2.61. The van der Waals surface area contributed by atoms with Crippen molar-refractivity contribution in [2.45, 2.75) is 13.3 Å². The minimum atomic E-state index is -0.436. The van der Waals surface area contributed by atoms with Gasteiger partial charge in [0, 0.05) is 31.6 Å². The minimum Gasteiger partial charge on any atom is -0.497 e. The summed E-state index contributed by atoms with van der Waals surface area (Å²) in [5.41, 5.74) is 0.876. The third-order valence-electron chi connectivity index (χ3n) is 3.73. The molecule has 26 heavy (non-hydrogen) atoms. The summed E-state index contributed by atoms with van der Waals surface area (Å²) in [4.78, 5) is 25.6. The number of rotatable bonds is 7. The van der Waals surface area contributed by atoms with E-state index in [4.69, 9.17) is 9.47 Å². The topological polar surface area (TPSA) is 67.9 Å². The lowest BCUT2D eigenvalue weighted by Crippen LogP contribution is -2.32. The molecule has 0 aliphatic carbocycles. The number of hydrogen-bond acceptors (Lipinski definition) is 4. The van der Waals surface area contributed by atoms with E-state index in [-0.39, 0.29) is 24.8 Å². The van der Waals surface area contributed by atoms with Crippen molar-refractivity contribution in [3.8, 4) is 11.5 Å². The Morgan fingerprint density at radius 3 is 2.50 bits per heavy atom. The van der Waals surface area contributed by atoms with Crippen LogP contribution < -0.4 is 19.7 Å². The molecule has 0 radical (unpaired) electrons. The number of carbonyl (C=O) groups is 2. The molecule has 2 rings (SSSR count). The fourth-order valence-electron chi connectivity index (χ4n) is 2.46. The van der Waals surface area contributed by atoms with Crippen LogP contribution in [0.2, 0.25) is 0 Å². The first kappa shape index (κ1) is 19.2. The summed E-state index contributed by atoms with van der Waals surface area (Å²) in [6, 6.07) is 10.7. The van der Waals surface area contributed by atoms with Crippen LogP contribution in [0.5, 0.6) is 11.5 Å². The molecule has 0 spiro atoms. The lowest BCUT2D eigenvalue weighted by molar-refractivity contribution is -0.117. The highest BCUT2D eigenvalue weighted by Crippen LogP contribution is 2.32.